The SMILES string of the molecule is FC(F)(F)Oc1ccc2c(c1)CN(c1cc(NC3CC3)ncn1)CC2. The number of halogens is 3. The van der Waals surface area contributed by atoms with E-state index in [1.807, 2.05) is 11.0 Å². The van der Waals surface area contributed by atoms with E-state index in [1.54, 1.807) is 6.07 Å². The normalized spacial score (nSPS) is 17.2. The fourth-order valence-corrected chi connectivity index (χ4v) is 2.96. The van der Waals surface area contributed by atoms with Crippen molar-refractivity contribution in [3.8, 4) is 5.75 Å². The molecule has 4 rings (SSSR count). The predicted molar refractivity (Wildman–Crippen MR) is 86.6 cm³/mol. The zero-order valence-corrected chi connectivity index (χ0v) is 13.4. The first-order chi connectivity index (χ1) is 12.0. The Bertz CT molecular complexity index is 777. The topological polar surface area (TPSA) is 50.3 Å². The highest BCUT2D eigenvalue weighted by Crippen LogP contribution is 2.30. The van der Waals surface area contributed by atoms with E-state index in [-0.39, 0.29) is 5.75 Å². The highest BCUT2D eigenvalue weighted by molar-refractivity contribution is 5.52. The lowest BCUT2D eigenvalue weighted by atomic mass is 9.99. The van der Waals surface area contributed by atoms with Crippen LogP contribution in [0.3, 0.4) is 0 Å². The summed E-state index contributed by atoms with van der Waals surface area (Å²) in [7, 11) is 0. The summed E-state index contributed by atoms with van der Waals surface area (Å²) in [5.74, 6) is 1.37. The molecule has 5 nitrogen and oxygen atoms in total. The fourth-order valence-electron chi connectivity index (χ4n) is 2.96. The second-order valence-corrected chi connectivity index (χ2v) is 6.33. The summed E-state index contributed by atoms with van der Waals surface area (Å²) in [5.41, 5.74) is 1.86. The summed E-state index contributed by atoms with van der Waals surface area (Å²) in [6.45, 7) is 1.25. The number of hydrogen-bond donors (Lipinski definition) is 1. The average molecular weight is 350 g/mol. The van der Waals surface area contributed by atoms with Crippen molar-refractivity contribution in [2.45, 2.75) is 38.2 Å². The molecule has 0 amide bonds. The molecule has 1 aromatic carbocycles. The van der Waals surface area contributed by atoms with Gasteiger partial charge in [0.15, 0.2) is 0 Å². The zero-order valence-electron chi connectivity index (χ0n) is 13.4. The van der Waals surface area contributed by atoms with Gasteiger partial charge in [-0.05, 0) is 42.5 Å². The van der Waals surface area contributed by atoms with Crippen LogP contribution in [0.4, 0.5) is 24.8 Å². The van der Waals surface area contributed by atoms with Crippen LogP contribution >= 0.6 is 0 Å². The zero-order chi connectivity index (χ0) is 17.4. The first-order valence-electron chi connectivity index (χ1n) is 8.17. The summed E-state index contributed by atoms with van der Waals surface area (Å²) in [6.07, 6.45) is -0.120. The van der Waals surface area contributed by atoms with Crippen LogP contribution in [0.15, 0.2) is 30.6 Å². The molecule has 25 heavy (non-hydrogen) atoms. The highest BCUT2D eigenvalue weighted by Gasteiger charge is 2.31. The van der Waals surface area contributed by atoms with Gasteiger partial charge in [-0.15, -0.1) is 13.2 Å². The summed E-state index contributed by atoms with van der Waals surface area (Å²) in [6, 6.07) is 6.91. The lowest BCUT2D eigenvalue weighted by Gasteiger charge is -2.30. The molecule has 0 unspecified atom stereocenters. The van der Waals surface area contributed by atoms with E-state index >= 15 is 0 Å². The number of fused-ring (bicyclic) bond motifs is 1. The van der Waals surface area contributed by atoms with Crippen LogP contribution in [0.2, 0.25) is 0 Å². The van der Waals surface area contributed by atoms with Crippen molar-refractivity contribution in [3.05, 3.63) is 41.7 Å². The minimum atomic E-state index is -4.68. The first-order valence-corrected chi connectivity index (χ1v) is 8.17. The van der Waals surface area contributed by atoms with E-state index in [4.69, 9.17) is 0 Å². The van der Waals surface area contributed by atoms with E-state index in [1.165, 1.54) is 18.5 Å². The lowest BCUT2D eigenvalue weighted by Crippen LogP contribution is -2.31. The van der Waals surface area contributed by atoms with Crippen molar-refractivity contribution < 1.29 is 17.9 Å². The Hall–Kier alpha value is -2.51. The van der Waals surface area contributed by atoms with Gasteiger partial charge in [0.25, 0.3) is 0 Å². The van der Waals surface area contributed by atoms with E-state index in [9.17, 15) is 13.2 Å². The van der Waals surface area contributed by atoms with Crippen LogP contribution in [-0.2, 0) is 13.0 Å². The molecule has 2 aromatic rings. The van der Waals surface area contributed by atoms with Crippen molar-refractivity contribution in [2.75, 3.05) is 16.8 Å². The number of nitrogens with one attached hydrogen (secondary N) is 1. The molecule has 1 aliphatic heterocycles. The molecule has 132 valence electrons. The molecular formula is C17H17F3N4O. The number of alkyl halides is 3. The number of ether oxygens (including phenoxy) is 1. The van der Waals surface area contributed by atoms with Gasteiger partial charge in [0.2, 0.25) is 0 Å². The minimum Gasteiger partial charge on any atom is -0.406 e. The van der Waals surface area contributed by atoms with Crippen molar-refractivity contribution in [1.29, 1.82) is 0 Å². The average Bonchev–Trinajstić information content (AvgIpc) is 3.37. The van der Waals surface area contributed by atoms with Gasteiger partial charge in [-0.1, -0.05) is 6.07 Å². The second kappa shape index (κ2) is 6.09. The maximum absolute atomic E-state index is 12.4. The molecule has 2 heterocycles. The van der Waals surface area contributed by atoms with Crippen LogP contribution < -0.4 is 15.0 Å². The van der Waals surface area contributed by atoms with E-state index in [2.05, 4.69) is 20.0 Å². The Morgan fingerprint density at radius 2 is 1.96 bits per heavy atom. The van der Waals surface area contributed by atoms with Gasteiger partial charge in [0.05, 0.1) is 0 Å². The fraction of sp³-hybridized carbons (Fsp3) is 0.412. The van der Waals surface area contributed by atoms with Gasteiger partial charge in [0, 0.05) is 25.2 Å². The molecule has 2 aliphatic rings. The minimum absolute atomic E-state index is 0.188. The number of anilines is 2. The molecule has 0 radical (unpaired) electrons. The van der Waals surface area contributed by atoms with Gasteiger partial charge in [0.1, 0.15) is 23.7 Å². The Balaban J connectivity index is 1.52. The van der Waals surface area contributed by atoms with Crippen LogP contribution in [0, 0.1) is 0 Å². The van der Waals surface area contributed by atoms with Crippen LogP contribution in [0.5, 0.6) is 5.75 Å². The Morgan fingerprint density at radius 3 is 2.72 bits per heavy atom. The third-order valence-corrected chi connectivity index (χ3v) is 4.33. The van der Waals surface area contributed by atoms with Gasteiger partial charge in [-0.2, -0.15) is 0 Å². The monoisotopic (exact) mass is 350 g/mol. The number of nitrogens with zero attached hydrogens (tertiary/aromatic N) is 3. The third-order valence-electron chi connectivity index (χ3n) is 4.33. The molecule has 0 spiro atoms. The third kappa shape index (κ3) is 3.94. The number of hydrogen-bond acceptors (Lipinski definition) is 5. The standard InChI is InChI=1S/C17H17F3N4O/c18-17(19,20)25-14-4-1-11-5-6-24(9-12(11)7-14)16-8-15(21-10-22-16)23-13-2-3-13/h1,4,7-8,10,13H,2-3,5-6,9H2,(H,21,22,23). The molecule has 0 saturated heterocycles. The van der Waals surface area contributed by atoms with E-state index < -0.39 is 6.36 Å². The van der Waals surface area contributed by atoms with E-state index in [0.717, 1.165) is 48.6 Å². The van der Waals surface area contributed by atoms with Crippen molar-refractivity contribution in [1.82, 2.24) is 9.97 Å². The molecule has 1 aromatic heterocycles. The smallest absolute Gasteiger partial charge is 0.406 e. The molecule has 1 fully saturated rings. The van der Waals surface area contributed by atoms with Crippen molar-refractivity contribution in [2.24, 2.45) is 0 Å². The summed E-state index contributed by atoms with van der Waals surface area (Å²) in [5, 5.41) is 3.33. The van der Waals surface area contributed by atoms with Crippen molar-refractivity contribution in [3.63, 3.8) is 0 Å². The van der Waals surface area contributed by atoms with Gasteiger partial charge < -0.3 is 15.0 Å². The summed E-state index contributed by atoms with van der Waals surface area (Å²) >= 11 is 0. The summed E-state index contributed by atoms with van der Waals surface area (Å²) in [4.78, 5) is 10.6. The molecular weight excluding hydrogens is 333 g/mol. The highest BCUT2D eigenvalue weighted by atomic mass is 19.4. The number of aromatic nitrogens is 2. The maximum atomic E-state index is 12.4. The van der Waals surface area contributed by atoms with Gasteiger partial charge in [-0.3, -0.25) is 0 Å². The van der Waals surface area contributed by atoms with Gasteiger partial charge >= 0.3 is 6.36 Å². The molecule has 1 aliphatic carbocycles. The molecule has 1 N–H and O–H groups in total. The Morgan fingerprint density at radius 1 is 1.12 bits per heavy atom. The predicted octanol–water partition coefficient (Wildman–Crippen LogP) is 3.51. The first kappa shape index (κ1) is 16.0. The number of rotatable bonds is 4. The molecule has 1 saturated carbocycles. The number of benzene rings is 1. The summed E-state index contributed by atoms with van der Waals surface area (Å²) < 4.78 is 41.3. The van der Waals surface area contributed by atoms with Crippen LogP contribution in [-0.4, -0.2) is 28.9 Å². The molecule has 0 bridgehead atoms. The van der Waals surface area contributed by atoms with Gasteiger partial charge in [-0.25, -0.2) is 9.97 Å². The maximum Gasteiger partial charge on any atom is 0.573 e. The lowest BCUT2D eigenvalue weighted by molar-refractivity contribution is -0.274. The van der Waals surface area contributed by atoms with Crippen LogP contribution in [0.25, 0.3) is 0 Å². The largest absolute Gasteiger partial charge is 0.573 e. The second-order valence-electron chi connectivity index (χ2n) is 6.33. The quantitative estimate of drug-likeness (QED) is 0.914. The molecule has 0 atom stereocenters. The Kier molecular flexibility index (Phi) is 3.89. The van der Waals surface area contributed by atoms with E-state index in [0.29, 0.717) is 12.6 Å². The Labute approximate surface area is 142 Å². The van der Waals surface area contributed by atoms with Crippen molar-refractivity contribution >= 4 is 11.6 Å². The molecule has 8 heteroatoms. The van der Waals surface area contributed by atoms with Crippen LogP contribution in [0.1, 0.15) is 24.0 Å².